The zero-order chi connectivity index (χ0) is 10.8. The van der Waals surface area contributed by atoms with Gasteiger partial charge in [0.2, 0.25) is 0 Å². The summed E-state index contributed by atoms with van der Waals surface area (Å²) in [6.07, 6.45) is 1.44. The van der Waals surface area contributed by atoms with Crippen LogP contribution in [0.15, 0.2) is 16.6 Å². The summed E-state index contributed by atoms with van der Waals surface area (Å²) in [4.78, 5) is 0. The summed E-state index contributed by atoms with van der Waals surface area (Å²) in [7, 11) is 0. The van der Waals surface area contributed by atoms with Crippen molar-refractivity contribution in [2.45, 2.75) is 26.4 Å². The lowest BCUT2D eigenvalue weighted by Gasteiger charge is -2.14. The molecule has 1 aliphatic rings. The molecule has 1 aromatic rings. The van der Waals surface area contributed by atoms with E-state index in [4.69, 9.17) is 4.74 Å². The van der Waals surface area contributed by atoms with Crippen molar-refractivity contribution < 1.29 is 4.74 Å². The molecule has 0 bridgehead atoms. The zero-order valence-corrected chi connectivity index (χ0v) is 10.7. The minimum atomic E-state index is 0.338. The highest BCUT2D eigenvalue weighted by Crippen LogP contribution is 2.27. The molecule has 15 heavy (non-hydrogen) atoms. The van der Waals surface area contributed by atoms with Gasteiger partial charge in [-0.3, -0.25) is 0 Å². The Kier molecular flexibility index (Phi) is 3.32. The van der Waals surface area contributed by atoms with Gasteiger partial charge in [-0.25, -0.2) is 0 Å². The molecule has 1 saturated heterocycles. The molecule has 1 atom stereocenters. The summed E-state index contributed by atoms with van der Waals surface area (Å²) in [6.45, 7) is 6.22. The molecule has 82 valence electrons. The third kappa shape index (κ3) is 2.52. The molecule has 2 rings (SSSR count). The van der Waals surface area contributed by atoms with E-state index in [0.717, 1.165) is 25.3 Å². The first-order valence-electron chi connectivity index (χ1n) is 5.31. The molecule has 0 spiro atoms. The SMILES string of the molecule is Cc1cc(O[C@@H]2CCNC2)cc(C)c1Br. The molecule has 0 unspecified atom stereocenters. The number of nitrogens with one attached hydrogen (secondary N) is 1. The van der Waals surface area contributed by atoms with Crippen LogP contribution in [0.1, 0.15) is 17.5 Å². The maximum atomic E-state index is 5.91. The average molecular weight is 270 g/mol. The highest BCUT2D eigenvalue weighted by molar-refractivity contribution is 9.10. The topological polar surface area (TPSA) is 21.3 Å². The largest absolute Gasteiger partial charge is 0.489 e. The Morgan fingerprint density at radius 3 is 2.53 bits per heavy atom. The highest BCUT2D eigenvalue weighted by Gasteiger charge is 2.16. The Morgan fingerprint density at radius 1 is 1.33 bits per heavy atom. The summed E-state index contributed by atoms with van der Waals surface area (Å²) < 4.78 is 7.09. The van der Waals surface area contributed by atoms with E-state index in [0.29, 0.717) is 6.10 Å². The van der Waals surface area contributed by atoms with Crippen molar-refractivity contribution in [3.63, 3.8) is 0 Å². The first-order chi connectivity index (χ1) is 7.16. The number of ether oxygens (including phenoxy) is 1. The van der Waals surface area contributed by atoms with Crippen LogP contribution in [-0.4, -0.2) is 19.2 Å². The molecule has 1 fully saturated rings. The van der Waals surface area contributed by atoms with Crippen molar-refractivity contribution >= 4 is 15.9 Å². The normalized spacial score (nSPS) is 20.6. The first kappa shape index (κ1) is 11.0. The van der Waals surface area contributed by atoms with Crippen LogP contribution in [0.3, 0.4) is 0 Å². The Hall–Kier alpha value is -0.540. The highest BCUT2D eigenvalue weighted by atomic mass is 79.9. The zero-order valence-electron chi connectivity index (χ0n) is 9.14. The maximum Gasteiger partial charge on any atom is 0.120 e. The molecule has 1 N–H and O–H groups in total. The number of halogens is 1. The van der Waals surface area contributed by atoms with Gasteiger partial charge in [-0.2, -0.15) is 0 Å². The van der Waals surface area contributed by atoms with E-state index in [1.807, 2.05) is 0 Å². The third-order valence-corrected chi connectivity index (χ3v) is 3.98. The van der Waals surface area contributed by atoms with E-state index >= 15 is 0 Å². The second kappa shape index (κ2) is 4.54. The van der Waals surface area contributed by atoms with Crippen molar-refractivity contribution in [3.05, 3.63) is 27.7 Å². The summed E-state index contributed by atoms with van der Waals surface area (Å²) in [5.41, 5.74) is 2.46. The number of aryl methyl sites for hydroxylation is 2. The van der Waals surface area contributed by atoms with E-state index in [1.54, 1.807) is 0 Å². The number of hydrogen-bond donors (Lipinski definition) is 1. The fourth-order valence-corrected chi connectivity index (χ4v) is 2.12. The summed E-state index contributed by atoms with van der Waals surface area (Å²) in [5, 5.41) is 3.30. The lowest BCUT2D eigenvalue weighted by Crippen LogP contribution is -2.19. The minimum Gasteiger partial charge on any atom is -0.489 e. The Morgan fingerprint density at radius 2 is 2.00 bits per heavy atom. The van der Waals surface area contributed by atoms with Crippen molar-refractivity contribution in [1.82, 2.24) is 5.32 Å². The van der Waals surface area contributed by atoms with Crippen molar-refractivity contribution in [1.29, 1.82) is 0 Å². The molecule has 0 aromatic heterocycles. The molecule has 0 radical (unpaired) electrons. The molecule has 1 aromatic carbocycles. The number of benzene rings is 1. The van der Waals surface area contributed by atoms with Crippen molar-refractivity contribution in [2.75, 3.05) is 13.1 Å². The predicted octanol–water partition coefficient (Wildman–Crippen LogP) is 2.81. The fourth-order valence-electron chi connectivity index (χ4n) is 1.90. The summed E-state index contributed by atoms with van der Waals surface area (Å²) >= 11 is 3.56. The smallest absolute Gasteiger partial charge is 0.120 e. The van der Waals surface area contributed by atoms with Gasteiger partial charge in [0.25, 0.3) is 0 Å². The average Bonchev–Trinajstić information content (AvgIpc) is 2.66. The Balaban J connectivity index is 2.14. The Labute approximate surface area is 99.1 Å². The molecule has 1 aliphatic heterocycles. The van der Waals surface area contributed by atoms with E-state index in [-0.39, 0.29) is 0 Å². The summed E-state index contributed by atoms with van der Waals surface area (Å²) in [6, 6.07) is 4.19. The van der Waals surface area contributed by atoms with E-state index in [2.05, 4.69) is 47.2 Å². The van der Waals surface area contributed by atoms with Gasteiger partial charge in [0.1, 0.15) is 11.9 Å². The maximum absolute atomic E-state index is 5.91. The Bertz CT molecular complexity index is 336. The fraction of sp³-hybridized carbons (Fsp3) is 0.500. The molecule has 3 heteroatoms. The van der Waals surface area contributed by atoms with Gasteiger partial charge < -0.3 is 10.1 Å². The third-order valence-electron chi connectivity index (χ3n) is 2.73. The number of hydrogen-bond acceptors (Lipinski definition) is 2. The van der Waals surface area contributed by atoms with E-state index in [9.17, 15) is 0 Å². The van der Waals surface area contributed by atoms with Gasteiger partial charge in [0.05, 0.1) is 0 Å². The monoisotopic (exact) mass is 269 g/mol. The molecule has 2 nitrogen and oxygen atoms in total. The lowest BCUT2D eigenvalue weighted by molar-refractivity contribution is 0.223. The van der Waals surface area contributed by atoms with Crippen LogP contribution < -0.4 is 10.1 Å². The van der Waals surface area contributed by atoms with Gasteiger partial charge in [0.15, 0.2) is 0 Å². The van der Waals surface area contributed by atoms with Gasteiger partial charge in [-0.1, -0.05) is 15.9 Å². The molecular formula is C12H16BrNO. The van der Waals surface area contributed by atoms with Gasteiger partial charge in [-0.15, -0.1) is 0 Å². The van der Waals surface area contributed by atoms with Crippen LogP contribution in [0, 0.1) is 13.8 Å². The second-order valence-electron chi connectivity index (χ2n) is 4.10. The van der Waals surface area contributed by atoms with Crippen molar-refractivity contribution in [2.24, 2.45) is 0 Å². The standard InChI is InChI=1S/C12H16BrNO/c1-8-5-11(6-9(2)12(8)13)15-10-3-4-14-7-10/h5-6,10,14H,3-4,7H2,1-2H3/t10-/m1/s1. The first-order valence-corrected chi connectivity index (χ1v) is 6.10. The van der Waals surface area contributed by atoms with Crippen LogP contribution in [0.25, 0.3) is 0 Å². The van der Waals surface area contributed by atoms with E-state index < -0.39 is 0 Å². The molecule has 1 heterocycles. The number of rotatable bonds is 2. The van der Waals surface area contributed by atoms with Crippen LogP contribution in [0.5, 0.6) is 5.75 Å². The quantitative estimate of drug-likeness (QED) is 0.892. The van der Waals surface area contributed by atoms with Gasteiger partial charge >= 0.3 is 0 Å². The van der Waals surface area contributed by atoms with Crippen LogP contribution in [-0.2, 0) is 0 Å². The molecule has 0 saturated carbocycles. The van der Waals surface area contributed by atoms with Crippen molar-refractivity contribution in [3.8, 4) is 5.75 Å². The molecular weight excluding hydrogens is 254 g/mol. The van der Waals surface area contributed by atoms with Crippen LogP contribution in [0.4, 0.5) is 0 Å². The van der Waals surface area contributed by atoms with Crippen LogP contribution >= 0.6 is 15.9 Å². The molecule has 0 aliphatic carbocycles. The second-order valence-corrected chi connectivity index (χ2v) is 4.90. The predicted molar refractivity (Wildman–Crippen MR) is 65.5 cm³/mol. The van der Waals surface area contributed by atoms with Gasteiger partial charge in [-0.05, 0) is 50.1 Å². The lowest BCUT2D eigenvalue weighted by atomic mass is 10.1. The van der Waals surface area contributed by atoms with Gasteiger partial charge in [0, 0.05) is 11.0 Å². The minimum absolute atomic E-state index is 0.338. The summed E-state index contributed by atoms with van der Waals surface area (Å²) in [5.74, 6) is 0.988. The molecule has 0 amide bonds. The van der Waals surface area contributed by atoms with Crippen LogP contribution in [0.2, 0.25) is 0 Å². The van der Waals surface area contributed by atoms with E-state index in [1.165, 1.54) is 15.6 Å².